The number of nitrogens with one attached hydrogen (secondary N) is 1. The van der Waals surface area contributed by atoms with Gasteiger partial charge in [0.15, 0.2) is 0 Å². The number of sulfone groups is 1. The van der Waals surface area contributed by atoms with Crippen LogP contribution in [0, 0.1) is 0 Å². The van der Waals surface area contributed by atoms with Crippen LogP contribution >= 0.6 is 0 Å². The van der Waals surface area contributed by atoms with Crippen molar-refractivity contribution in [2.75, 3.05) is 24.6 Å². The van der Waals surface area contributed by atoms with E-state index in [0.29, 0.717) is 19.4 Å². The van der Waals surface area contributed by atoms with Crippen molar-refractivity contribution in [3.8, 4) is 0 Å². The average Bonchev–Trinajstić information content (AvgIpc) is 2.18. The number of hydrogen-bond donors (Lipinski definition) is 2. The summed E-state index contributed by atoms with van der Waals surface area (Å²) in [4.78, 5) is 0. The lowest BCUT2D eigenvalue weighted by Gasteiger charge is -2.32. The Morgan fingerprint density at radius 2 is 2.20 bits per heavy atom. The van der Waals surface area contributed by atoms with E-state index in [-0.39, 0.29) is 11.5 Å². The summed E-state index contributed by atoms with van der Waals surface area (Å²) in [5.41, 5.74) is -0.679. The predicted octanol–water partition coefficient (Wildman–Crippen LogP) is 0.316. The molecule has 0 aromatic carbocycles. The molecule has 0 aliphatic carbocycles. The molecule has 0 amide bonds. The summed E-state index contributed by atoms with van der Waals surface area (Å²) in [5, 5.41) is 13.2. The minimum Gasteiger partial charge on any atom is -0.389 e. The third-order valence-corrected chi connectivity index (χ3v) is 4.78. The summed E-state index contributed by atoms with van der Waals surface area (Å²) in [7, 11) is -2.88. The Morgan fingerprint density at radius 1 is 1.47 bits per heavy atom. The van der Waals surface area contributed by atoms with Crippen molar-refractivity contribution >= 4 is 9.84 Å². The van der Waals surface area contributed by atoms with E-state index in [9.17, 15) is 13.5 Å². The SMILES string of the molecule is CCS(=O)(=O)CCCC1(O)CCCNC1. The largest absolute Gasteiger partial charge is 0.389 e. The molecule has 0 spiro atoms. The highest BCUT2D eigenvalue weighted by atomic mass is 32.2. The molecule has 2 N–H and O–H groups in total. The van der Waals surface area contributed by atoms with Crippen LogP contribution in [0.5, 0.6) is 0 Å². The summed E-state index contributed by atoms with van der Waals surface area (Å²) in [6.45, 7) is 3.21. The topological polar surface area (TPSA) is 66.4 Å². The normalized spacial score (nSPS) is 27.9. The van der Waals surface area contributed by atoms with Crippen LogP contribution in [0.1, 0.15) is 32.6 Å². The molecule has 1 atom stereocenters. The van der Waals surface area contributed by atoms with Crippen molar-refractivity contribution in [3.63, 3.8) is 0 Å². The van der Waals surface area contributed by atoms with Crippen molar-refractivity contribution in [3.05, 3.63) is 0 Å². The van der Waals surface area contributed by atoms with Gasteiger partial charge in [-0.3, -0.25) is 0 Å². The lowest BCUT2D eigenvalue weighted by atomic mass is 9.90. The maximum atomic E-state index is 11.2. The van der Waals surface area contributed by atoms with E-state index in [0.717, 1.165) is 19.4 Å². The summed E-state index contributed by atoms with van der Waals surface area (Å²) in [6, 6.07) is 0. The Labute approximate surface area is 92.0 Å². The zero-order valence-electron chi connectivity index (χ0n) is 9.33. The van der Waals surface area contributed by atoms with Gasteiger partial charge in [-0.15, -0.1) is 0 Å². The summed E-state index contributed by atoms with van der Waals surface area (Å²) < 4.78 is 22.5. The highest BCUT2D eigenvalue weighted by molar-refractivity contribution is 7.91. The maximum absolute atomic E-state index is 11.2. The molecule has 0 aromatic heterocycles. The van der Waals surface area contributed by atoms with Gasteiger partial charge in [0.05, 0.1) is 11.4 Å². The summed E-state index contributed by atoms with van der Waals surface area (Å²) >= 11 is 0. The molecule has 90 valence electrons. The molecule has 1 aliphatic rings. The van der Waals surface area contributed by atoms with Crippen molar-refractivity contribution in [2.24, 2.45) is 0 Å². The lowest BCUT2D eigenvalue weighted by Crippen LogP contribution is -2.45. The van der Waals surface area contributed by atoms with Crippen LogP contribution in [0.3, 0.4) is 0 Å². The number of piperidine rings is 1. The molecule has 4 nitrogen and oxygen atoms in total. The summed E-state index contributed by atoms with van der Waals surface area (Å²) in [5.74, 6) is 0.398. The van der Waals surface area contributed by atoms with E-state index >= 15 is 0 Å². The fraction of sp³-hybridized carbons (Fsp3) is 1.00. The van der Waals surface area contributed by atoms with Crippen LogP contribution in [0.2, 0.25) is 0 Å². The molecular weight excluding hydrogens is 214 g/mol. The van der Waals surface area contributed by atoms with Crippen LogP contribution in [0.4, 0.5) is 0 Å². The van der Waals surface area contributed by atoms with Gasteiger partial charge < -0.3 is 10.4 Å². The van der Waals surface area contributed by atoms with E-state index in [2.05, 4.69) is 5.32 Å². The van der Waals surface area contributed by atoms with Crippen LogP contribution in [-0.4, -0.2) is 43.7 Å². The van der Waals surface area contributed by atoms with E-state index in [1.165, 1.54) is 0 Å². The van der Waals surface area contributed by atoms with E-state index in [1.54, 1.807) is 6.92 Å². The third kappa shape index (κ3) is 4.49. The Kier molecular flexibility index (Phi) is 4.55. The monoisotopic (exact) mass is 235 g/mol. The Hall–Kier alpha value is -0.130. The molecule has 1 saturated heterocycles. The number of rotatable bonds is 5. The fourth-order valence-corrected chi connectivity index (χ4v) is 2.80. The standard InChI is InChI=1S/C10H21NO3S/c1-2-15(13,14)8-4-6-10(12)5-3-7-11-9-10/h11-12H,2-9H2,1H3. The number of β-amino-alcohol motifs (C(OH)–C–C–N with tert-alkyl or cyclic N) is 1. The Balaban J connectivity index is 2.30. The first kappa shape index (κ1) is 12.9. The van der Waals surface area contributed by atoms with Crippen molar-refractivity contribution in [1.29, 1.82) is 0 Å². The Bertz CT molecular complexity index is 281. The van der Waals surface area contributed by atoms with Gasteiger partial charge in [-0.2, -0.15) is 0 Å². The Morgan fingerprint density at radius 3 is 2.73 bits per heavy atom. The minimum absolute atomic E-state index is 0.198. The van der Waals surface area contributed by atoms with Crippen LogP contribution in [-0.2, 0) is 9.84 Å². The maximum Gasteiger partial charge on any atom is 0.150 e. The average molecular weight is 235 g/mol. The second-order valence-electron chi connectivity index (χ2n) is 4.34. The van der Waals surface area contributed by atoms with E-state index in [1.807, 2.05) is 0 Å². The fourth-order valence-electron chi connectivity index (χ4n) is 1.93. The molecule has 1 heterocycles. The molecule has 0 bridgehead atoms. The van der Waals surface area contributed by atoms with Gasteiger partial charge in [-0.25, -0.2) is 8.42 Å². The molecular formula is C10H21NO3S. The molecule has 0 aromatic rings. The zero-order chi connectivity index (χ0) is 11.4. The highest BCUT2D eigenvalue weighted by Crippen LogP contribution is 2.21. The van der Waals surface area contributed by atoms with Crippen LogP contribution in [0.15, 0.2) is 0 Å². The smallest absolute Gasteiger partial charge is 0.150 e. The molecule has 0 saturated carbocycles. The molecule has 5 heteroatoms. The van der Waals surface area contributed by atoms with Gasteiger partial charge in [0.1, 0.15) is 9.84 Å². The molecule has 1 unspecified atom stereocenters. The first-order chi connectivity index (χ1) is 6.97. The first-order valence-corrected chi connectivity index (χ1v) is 7.43. The van der Waals surface area contributed by atoms with Crippen molar-refractivity contribution in [1.82, 2.24) is 5.32 Å². The van der Waals surface area contributed by atoms with E-state index < -0.39 is 15.4 Å². The quantitative estimate of drug-likeness (QED) is 0.720. The third-order valence-electron chi connectivity index (χ3n) is 2.99. The lowest BCUT2D eigenvalue weighted by molar-refractivity contribution is 0.00818. The van der Waals surface area contributed by atoms with Gasteiger partial charge in [0.25, 0.3) is 0 Å². The highest BCUT2D eigenvalue weighted by Gasteiger charge is 2.28. The number of aliphatic hydroxyl groups is 1. The predicted molar refractivity (Wildman–Crippen MR) is 60.6 cm³/mol. The van der Waals surface area contributed by atoms with Gasteiger partial charge >= 0.3 is 0 Å². The second kappa shape index (κ2) is 5.27. The molecule has 1 aliphatic heterocycles. The molecule has 15 heavy (non-hydrogen) atoms. The van der Waals surface area contributed by atoms with Gasteiger partial charge in [0, 0.05) is 12.3 Å². The minimum atomic E-state index is -2.88. The van der Waals surface area contributed by atoms with Gasteiger partial charge in [-0.05, 0) is 32.2 Å². The first-order valence-electron chi connectivity index (χ1n) is 5.61. The van der Waals surface area contributed by atoms with E-state index in [4.69, 9.17) is 0 Å². The van der Waals surface area contributed by atoms with Crippen molar-refractivity contribution in [2.45, 2.75) is 38.2 Å². The zero-order valence-corrected chi connectivity index (χ0v) is 10.1. The van der Waals surface area contributed by atoms with Crippen LogP contribution in [0.25, 0.3) is 0 Å². The summed E-state index contributed by atoms with van der Waals surface area (Å²) in [6.07, 6.45) is 2.90. The van der Waals surface area contributed by atoms with Gasteiger partial charge in [0.2, 0.25) is 0 Å². The number of hydrogen-bond acceptors (Lipinski definition) is 4. The molecule has 1 rings (SSSR count). The van der Waals surface area contributed by atoms with Gasteiger partial charge in [-0.1, -0.05) is 6.92 Å². The molecule has 1 fully saturated rings. The second-order valence-corrected chi connectivity index (χ2v) is 6.82. The van der Waals surface area contributed by atoms with Crippen LogP contribution < -0.4 is 5.32 Å². The van der Waals surface area contributed by atoms with Crippen molar-refractivity contribution < 1.29 is 13.5 Å². The molecule has 0 radical (unpaired) electrons.